The second kappa shape index (κ2) is 10.0. The zero-order valence-electron chi connectivity index (χ0n) is 17.7. The van der Waals surface area contributed by atoms with Gasteiger partial charge in [-0.05, 0) is 47.5 Å². The van der Waals surface area contributed by atoms with Gasteiger partial charge < -0.3 is 9.64 Å². The summed E-state index contributed by atoms with van der Waals surface area (Å²) in [6.07, 6.45) is -1.29. The van der Waals surface area contributed by atoms with E-state index < -0.39 is 40.5 Å². The number of nitrogens with one attached hydrogen (secondary N) is 1. The minimum absolute atomic E-state index is 0.0876. The van der Waals surface area contributed by atoms with Gasteiger partial charge in [-0.1, -0.05) is 58.4 Å². The molecule has 0 aromatic heterocycles. The number of rotatable bonds is 6. The van der Waals surface area contributed by atoms with Crippen LogP contribution in [0.4, 0.5) is 4.39 Å². The number of nitrogens with zero attached hydrogens (tertiary/aromatic N) is 1. The van der Waals surface area contributed by atoms with Crippen molar-refractivity contribution in [2.75, 3.05) is 6.61 Å². The summed E-state index contributed by atoms with van der Waals surface area (Å²) in [4.78, 5) is 27.4. The lowest BCUT2D eigenvalue weighted by Gasteiger charge is -2.40. The lowest BCUT2D eigenvalue weighted by Crippen LogP contribution is -2.54. The van der Waals surface area contributed by atoms with E-state index in [0.717, 1.165) is 0 Å². The topological polar surface area (TPSA) is 92.8 Å². The Hall–Kier alpha value is -3.08. The standard InChI is InChI=1S/C24H20BrFN2O5S/c25-18-8-12-20(13-9-18)34(31,32)27-24(30)23-22(17-4-2-1-3-5-17)28(21(29)15-33-23)14-16-6-10-19(26)11-7-16/h1-13,22-23H,14-15H2,(H,27,30)/t22-,23-/m1/s1. The lowest BCUT2D eigenvalue weighted by molar-refractivity contribution is -0.164. The number of morpholine rings is 1. The summed E-state index contributed by atoms with van der Waals surface area (Å²) < 4.78 is 47.3. The van der Waals surface area contributed by atoms with Crippen LogP contribution >= 0.6 is 15.9 Å². The van der Waals surface area contributed by atoms with E-state index in [1.165, 1.54) is 29.2 Å². The molecule has 1 fully saturated rings. The van der Waals surface area contributed by atoms with Gasteiger partial charge in [0, 0.05) is 11.0 Å². The first-order chi connectivity index (χ1) is 16.2. The van der Waals surface area contributed by atoms with Crippen molar-refractivity contribution in [3.05, 3.63) is 100 Å². The number of hydrogen-bond acceptors (Lipinski definition) is 5. The Kier molecular flexibility index (Phi) is 7.11. The molecule has 4 rings (SSSR count). The number of ether oxygens (including phenoxy) is 1. The van der Waals surface area contributed by atoms with Crippen LogP contribution in [0.25, 0.3) is 0 Å². The van der Waals surface area contributed by atoms with Crippen molar-refractivity contribution in [1.82, 2.24) is 9.62 Å². The van der Waals surface area contributed by atoms with E-state index in [0.29, 0.717) is 15.6 Å². The summed E-state index contributed by atoms with van der Waals surface area (Å²) in [5, 5.41) is 0. The van der Waals surface area contributed by atoms with E-state index in [1.54, 1.807) is 54.6 Å². The van der Waals surface area contributed by atoms with Crippen molar-refractivity contribution in [3.8, 4) is 0 Å². The van der Waals surface area contributed by atoms with Crippen LogP contribution < -0.4 is 4.72 Å². The number of halogens is 2. The molecule has 10 heteroatoms. The fourth-order valence-corrected chi connectivity index (χ4v) is 4.97. The van der Waals surface area contributed by atoms with Gasteiger partial charge in [-0.3, -0.25) is 9.59 Å². The molecule has 0 aliphatic carbocycles. The van der Waals surface area contributed by atoms with Gasteiger partial charge in [0.1, 0.15) is 12.4 Å². The Balaban J connectivity index is 1.65. The molecular weight excluding hydrogens is 527 g/mol. The van der Waals surface area contributed by atoms with Crippen LogP contribution in [0.1, 0.15) is 17.2 Å². The molecule has 176 valence electrons. The molecule has 3 aromatic carbocycles. The molecule has 1 saturated heterocycles. The van der Waals surface area contributed by atoms with Crippen molar-refractivity contribution in [2.45, 2.75) is 23.6 Å². The number of sulfonamides is 1. The molecule has 1 aliphatic rings. The fraction of sp³-hybridized carbons (Fsp3) is 0.167. The maximum absolute atomic E-state index is 13.4. The van der Waals surface area contributed by atoms with Crippen molar-refractivity contribution in [3.63, 3.8) is 0 Å². The highest BCUT2D eigenvalue weighted by molar-refractivity contribution is 9.10. The van der Waals surface area contributed by atoms with Crippen molar-refractivity contribution in [1.29, 1.82) is 0 Å². The summed E-state index contributed by atoms with van der Waals surface area (Å²) in [6.45, 7) is -0.313. The van der Waals surface area contributed by atoms with Gasteiger partial charge in [-0.25, -0.2) is 17.5 Å². The first-order valence-electron chi connectivity index (χ1n) is 10.3. The fourth-order valence-electron chi connectivity index (χ4n) is 3.71. The molecule has 0 radical (unpaired) electrons. The molecule has 0 saturated carbocycles. The smallest absolute Gasteiger partial charge is 0.265 e. The van der Waals surface area contributed by atoms with Crippen molar-refractivity contribution in [2.24, 2.45) is 0 Å². The predicted octanol–water partition coefficient (Wildman–Crippen LogP) is 3.56. The molecule has 2 atom stereocenters. The lowest BCUT2D eigenvalue weighted by atomic mass is 9.96. The molecule has 3 aromatic rings. The Bertz CT molecular complexity index is 1290. The van der Waals surface area contributed by atoms with Gasteiger partial charge in [0.25, 0.3) is 15.9 Å². The number of hydrogen-bond donors (Lipinski definition) is 1. The highest BCUT2D eigenvalue weighted by Gasteiger charge is 2.42. The summed E-state index contributed by atoms with van der Waals surface area (Å²) in [6, 6.07) is 19.3. The van der Waals surface area contributed by atoms with Crippen LogP contribution in [0.15, 0.2) is 88.2 Å². The van der Waals surface area contributed by atoms with E-state index in [-0.39, 0.29) is 17.3 Å². The Morgan fingerprint density at radius 2 is 1.68 bits per heavy atom. The van der Waals surface area contributed by atoms with Crippen molar-refractivity contribution < 1.29 is 27.1 Å². The van der Waals surface area contributed by atoms with Gasteiger partial charge in [-0.15, -0.1) is 0 Å². The highest BCUT2D eigenvalue weighted by atomic mass is 79.9. The quantitative estimate of drug-likeness (QED) is 0.510. The van der Waals surface area contributed by atoms with E-state index in [1.807, 2.05) is 0 Å². The molecule has 0 spiro atoms. The third-order valence-electron chi connectivity index (χ3n) is 5.35. The van der Waals surface area contributed by atoms with Crippen LogP contribution in [0, 0.1) is 5.82 Å². The summed E-state index contributed by atoms with van der Waals surface area (Å²) >= 11 is 3.24. The molecule has 0 unspecified atom stereocenters. The minimum atomic E-state index is -4.17. The average molecular weight is 547 g/mol. The molecule has 1 N–H and O–H groups in total. The maximum Gasteiger partial charge on any atom is 0.265 e. The van der Waals surface area contributed by atoms with Gasteiger partial charge in [0.15, 0.2) is 6.10 Å². The summed E-state index contributed by atoms with van der Waals surface area (Å²) in [5.74, 6) is -1.68. The number of benzene rings is 3. The zero-order valence-corrected chi connectivity index (χ0v) is 20.1. The molecule has 0 bridgehead atoms. The first-order valence-corrected chi connectivity index (χ1v) is 12.5. The number of amides is 2. The average Bonchev–Trinajstić information content (AvgIpc) is 2.82. The molecule has 2 amide bonds. The highest BCUT2D eigenvalue weighted by Crippen LogP contribution is 2.32. The molecule has 7 nitrogen and oxygen atoms in total. The largest absolute Gasteiger partial charge is 0.356 e. The third-order valence-corrected chi connectivity index (χ3v) is 7.25. The van der Waals surface area contributed by atoms with Crippen LogP contribution in [0.3, 0.4) is 0 Å². The maximum atomic E-state index is 13.4. The minimum Gasteiger partial charge on any atom is -0.356 e. The van der Waals surface area contributed by atoms with Gasteiger partial charge in [0.05, 0.1) is 10.9 Å². The predicted molar refractivity (Wildman–Crippen MR) is 125 cm³/mol. The van der Waals surface area contributed by atoms with Gasteiger partial charge in [-0.2, -0.15) is 0 Å². The Morgan fingerprint density at radius 1 is 1.03 bits per heavy atom. The van der Waals surface area contributed by atoms with E-state index >= 15 is 0 Å². The monoisotopic (exact) mass is 546 g/mol. The van der Waals surface area contributed by atoms with Gasteiger partial charge >= 0.3 is 0 Å². The van der Waals surface area contributed by atoms with E-state index in [2.05, 4.69) is 20.7 Å². The van der Waals surface area contributed by atoms with E-state index in [4.69, 9.17) is 4.74 Å². The van der Waals surface area contributed by atoms with Crippen LogP contribution in [-0.2, 0) is 30.9 Å². The molecule has 1 aliphatic heterocycles. The number of carbonyl (C=O) groups excluding carboxylic acids is 2. The van der Waals surface area contributed by atoms with Crippen molar-refractivity contribution >= 4 is 37.8 Å². The first kappa shape index (κ1) is 24.1. The normalized spacial score (nSPS) is 18.5. The second-order valence-corrected chi connectivity index (χ2v) is 10.3. The van der Waals surface area contributed by atoms with Crippen LogP contribution in [0.5, 0.6) is 0 Å². The third kappa shape index (κ3) is 5.35. The van der Waals surface area contributed by atoms with Gasteiger partial charge in [0.2, 0.25) is 5.91 Å². The van der Waals surface area contributed by atoms with Crippen LogP contribution in [-0.4, -0.2) is 37.8 Å². The SMILES string of the molecule is O=C(NS(=O)(=O)c1ccc(Br)cc1)[C@@H]1OCC(=O)N(Cc2ccc(F)cc2)[C@@H]1c1ccccc1. The molecular formula is C24H20BrFN2O5S. The van der Waals surface area contributed by atoms with Crippen LogP contribution in [0.2, 0.25) is 0 Å². The second-order valence-electron chi connectivity index (χ2n) is 7.66. The summed E-state index contributed by atoms with van der Waals surface area (Å²) in [7, 11) is -4.17. The zero-order chi connectivity index (χ0) is 24.3. The number of carbonyl (C=O) groups is 2. The summed E-state index contributed by atoms with van der Waals surface area (Å²) in [5.41, 5.74) is 1.25. The Morgan fingerprint density at radius 3 is 2.32 bits per heavy atom. The molecule has 1 heterocycles. The Labute approximate surface area is 204 Å². The molecule has 34 heavy (non-hydrogen) atoms. The van der Waals surface area contributed by atoms with E-state index in [9.17, 15) is 22.4 Å².